The van der Waals surface area contributed by atoms with Crippen molar-refractivity contribution in [3.8, 4) is 0 Å². The Morgan fingerprint density at radius 2 is 1.73 bits per heavy atom. The third kappa shape index (κ3) is 3.54. The predicted molar refractivity (Wildman–Crippen MR) is 101 cm³/mol. The molecule has 1 atom stereocenters. The van der Waals surface area contributed by atoms with Crippen molar-refractivity contribution in [1.29, 1.82) is 0 Å². The lowest BCUT2D eigenvalue weighted by atomic mass is 9.59. The summed E-state index contributed by atoms with van der Waals surface area (Å²) in [6.07, 6.45) is 7.84. The van der Waals surface area contributed by atoms with E-state index in [0.29, 0.717) is 4.90 Å². The first kappa shape index (κ1) is 17.6. The SMILES string of the molecule is O=S(=O)(N[C@@H]1CCC12CCN(Cc1ccncc1)CC2)c1ccccc1. The fraction of sp³-hybridized carbons (Fsp3) is 0.450. The van der Waals surface area contributed by atoms with E-state index in [4.69, 9.17) is 0 Å². The van der Waals surface area contributed by atoms with Crippen LogP contribution < -0.4 is 4.72 Å². The maximum Gasteiger partial charge on any atom is 0.240 e. The number of likely N-dealkylation sites (tertiary alicyclic amines) is 1. The molecule has 1 aliphatic heterocycles. The lowest BCUT2D eigenvalue weighted by Gasteiger charge is -2.54. The number of piperidine rings is 1. The van der Waals surface area contributed by atoms with Crippen LogP contribution in [-0.2, 0) is 16.6 Å². The van der Waals surface area contributed by atoms with Gasteiger partial charge in [-0.1, -0.05) is 18.2 Å². The van der Waals surface area contributed by atoms with Crippen molar-refractivity contribution in [1.82, 2.24) is 14.6 Å². The number of pyridine rings is 1. The van der Waals surface area contributed by atoms with Crippen LogP contribution in [-0.4, -0.2) is 37.4 Å². The second-order valence-electron chi connectivity index (χ2n) is 7.52. The minimum Gasteiger partial charge on any atom is -0.299 e. The van der Waals surface area contributed by atoms with E-state index >= 15 is 0 Å². The second-order valence-corrected chi connectivity index (χ2v) is 9.23. The molecule has 4 rings (SSSR count). The summed E-state index contributed by atoms with van der Waals surface area (Å²) in [7, 11) is -3.43. The van der Waals surface area contributed by atoms with Gasteiger partial charge in [0.15, 0.2) is 0 Å². The first-order valence-electron chi connectivity index (χ1n) is 9.26. The smallest absolute Gasteiger partial charge is 0.240 e. The van der Waals surface area contributed by atoms with Crippen molar-refractivity contribution in [2.45, 2.75) is 43.2 Å². The quantitative estimate of drug-likeness (QED) is 0.878. The van der Waals surface area contributed by atoms with E-state index in [1.807, 2.05) is 18.5 Å². The van der Waals surface area contributed by atoms with Gasteiger partial charge in [0.2, 0.25) is 10.0 Å². The van der Waals surface area contributed by atoms with Crippen LogP contribution >= 0.6 is 0 Å². The van der Waals surface area contributed by atoms with Crippen molar-refractivity contribution >= 4 is 10.0 Å². The largest absolute Gasteiger partial charge is 0.299 e. The Labute approximate surface area is 155 Å². The van der Waals surface area contributed by atoms with Gasteiger partial charge in [-0.15, -0.1) is 0 Å². The minimum atomic E-state index is -3.43. The lowest BCUT2D eigenvalue weighted by molar-refractivity contribution is 0.000698. The van der Waals surface area contributed by atoms with Gasteiger partial charge in [0.25, 0.3) is 0 Å². The van der Waals surface area contributed by atoms with Crippen molar-refractivity contribution < 1.29 is 8.42 Å². The van der Waals surface area contributed by atoms with Crippen molar-refractivity contribution in [2.24, 2.45) is 5.41 Å². The maximum absolute atomic E-state index is 12.6. The van der Waals surface area contributed by atoms with Crippen LogP contribution in [0, 0.1) is 5.41 Å². The topological polar surface area (TPSA) is 62.3 Å². The summed E-state index contributed by atoms with van der Waals surface area (Å²) >= 11 is 0. The Hall–Kier alpha value is -1.76. The van der Waals surface area contributed by atoms with Gasteiger partial charge in [0.1, 0.15) is 0 Å². The molecule has 26 heavy (non-hydrogen) atoms. The Kier molecular flexibility index (Phi) is 4.82. The van der Waals surface area contributed by atoms with E-state index in [2.05, 4.69) is 26.7 Å². The molecular formula is C20H25N3O2S. The van der Waals surface area contributed by atoms with E-state index in [1.165, 1.54) is 5.56 Å². The molecule has 6 heteroatoms. The molecule has 2 aromatic rings. The highest BCUT2D eigenvalue weighted by atomic mass is 32.2. The molecule has 2 fully saturated rings. The molecule has 2 heterocycles. The first-order chi connectivity index (χ1) is 12.6. The standard InChI is InChI=1S/C20H25N3O2S/c24-26(25,18-4-2-1-3-5-18)22-19-6-9-20(19)10-14-23(15-11-20)16-17-7-12-21-13-8-17/h1-5,7-8,12-13,19,22H,6,9-11,14-16H2/t19-/m1/s1. The molecule has 5 nitrogen and oxygen atoms in total. The monoisotopic (exact) mass is 371 g/mol. The molecule has 0 bridgehead atoms. The van der Waals surface area contributed by atoms with E-state index in [1.54, 1.807) is 24.3 Å². The van der Waals surface area contributed by atoms with Crippen LogP contribution in [0.4, 0.5) is 0 Å². The summed E-state index contributed by atoms with van der Waals surface area (Å²) in [4.78, 5) is 6.89. The molecule has 1 N–H and O–H groups in total. The molecule has 0 radical (unpaired) electrons. The zero-order valence-corrected chi connectivity index (χ0v) is 15.7. The van der Waals surface area contributed by atoms with Gasteiger partial charge in [0, 0.05) is 25.0 Å². The van der Waals surface area contributed by atoms with Crippen LogP contribution in [0.1, 0.15) is 31.2 Å². The lowest BCUT2D eigenvalue weighted by Crippen LogP contribution is -2.58. The zero-order valence-electron chi connectivity index (χ0n) is 14.8. The van der Waals surface area contributed by atoms with Gasteiger partial charge in [-0.25, -0.2) is 13.1 Å². The summed E-state index contributed by atoms with van der Waals surface area (Å²) < 4.78 is 28.3. The fourth-order valence-corrected chi connectivity index (χ4v) is 5.63. The van der Waals surface area contributed by atoms with Crippen LogP contribution in [0.5, 0.6) is 0 Å². The van der Waals surface area contributed by atoms with E-state index in [-0.39, 0.29) is 11.5 Å². The normalized spacial score (nSPS) is 22.8. The number of benzene rings is 1. The Balaban J connectivity index is 1.37. The average molecular weight is 372 g/mol. The van der Waals surface area contributed by atoms with E-state index in [9.17, 15) is 8.42 Å². The molecule has 2 aliphatic rings. The Bertz CT molecular complexity index is 832. The number of nitrogens with one attached hydrogen (secondary N) is 1. The molecule has 1 aromatic heterocycles. The second kappa shape index (κ2) is 7.10. The van der Waals surface area contributed by atoms with Gasteiger partial charge >= 0.3 is 0 Å². The van der Waals surface area contributed by atoms with Crippen molar-refractivity contribution in [2.75, 3.05) is 13.1 Å². The van der Waals surface area contributed by atoms with E-state index < -0.39 is 10.0 Å². The number of nitrogens with zero attached hydrogens (tertiary/aromatic N) is 2. The molecule has 1 spiro atoms. The molecular weight excluding hydrogens is 346 g/mol. The average Bonchev–Trinajstić information content (AvgIpc) is 2.68. The fourth-order valence-electron chi connectivity index (χ4n) is 4.24. The molecule has 1 saturated heterocycles. The maximum atomic E-state index is 12.6. The number of aromatic nitrogens is 1. The van der Waals surface area contributed by atoms with Gasteiger partial charge in [-0.05, 0) is 74.0 Å². The molecule has 138 valence electrons. The minimum absolute atomic E-state index is 0.0655. The van der Waals surface area contributed by atoms with Crippen LogP contribution in [0.2, 0.25) is 0 Å². The summed E-state index contributed by atoms with van der Waals surface area (Å²) in [5, 5.41) is 0. The van der Waals surface area contributed by atoms with Crippen LogP contribution in [0.25, 0.3) is 0 Å². The van der Waals surface area contributed by atoms with Crippen molar-refractivity contribution in [3.63, 3.8) is 0 Å². The summed E-state index contributed by atoms with van der Waals surface area (Å²) in [6, 6.07) is 12.9. The summed E-state index contributed by atoms with van der Waals surface area (Å²) in [5.74, 6) is 0. The van der Waals surface area contributed by atoms with Crippen LogP contribution in [0.15, 0.2) is 59.8 Å². The van der Waals surface area contributed by atoms with Crippen molar-refractivity contribution in [3.05, 3.63) is 60.4 Å². The predicted octanol–water partition coefficient (Wildman–Crippen LogP) is 2.80. The molecule has 0 unspecified atom stereocenters. The van der Waals surface area contributed by atoms with E-state index in [0.717, 1.165) is 45.3 Å². The summed E-state index contributed by atoms with van der Waals surface area (Å²) in [5.41, 5.74) is 1.42. The first-order valence-corrected chi connectivity index (χ1v) is 10.7. The molecule has 1 aliphatic carbocycles. The Morgan fingerprint density at radius 1 is 1.04 bits per heavy atom. The molecule has 1 saturated carbocycles. The third-order valence-corrected chi connectivity index (χ3v) is 7.52. The summed E-state index contributed by atoms with van der Waals surface area (Å²) in [6.45, 7) is 2.98. The highest BCUT2D eigenvalue weighted by molar-refractivity contribution is 7.89. The highest BCUT2D eigenvalue weighted by Crippen LogP contribution is 2.49. The Morgan fingerprint density at radius 3 is 2.35 bits per heavy atom. The number of hydrogen-bond donors (Lipinski definition) is 1. The van der Waals surface area contributed by atoms with Gasteiger partial charge in [0.05, 0.1) is 4.90 Å². The van der Waals surface area contributed by atoms with Gasteiger partial charge in [-0.2, -0.15) is 0 Å². The van der Waals surface area contributed by atoms with Crippen LogP contribution in [0.3, 0.4) is 0 Å². The van der Waals surface area contributed by atoms with Gasteiger partial charge < -0.3 is 0 Å². The number of hydrogen-bond acceptors (Lipinski definition) is 4. The third-order valence-electron chi connectivity index (χ3n) is 6.03. The number of sulfonamides is 1. The number of rotatable bonds is 5. The van der Waals surface area contributed by atoms with Gasteiger partial charge in [-0.3, -0.25) is 9.88 Å². The molecule has 1 aromatic carbocycles. The zero-order chi connectivity index (χ0) is 18.0. The highest BCUT2D eigenvalue weighted by Gasteiger charge is 2.49. The molecule has 0 amide bonds.